The number of carbonyl (C=O) groups is 2. The number of thiophene rings is 1. The standard InChI is InChI=1S/C12H17BrN2O3S/c1-3-9(11(16)17)15(2)12(18)14-7-6-8-4-5-10(13)19-8/h4-5,9H,3,6-7H2,1-2H3,(H,14,18)(H,16,17). The molecule has 1 aromatic heterocycles. The molecule has 0 aliphatic heterocycles. The van der Waals surface area contributed by atoms with E-state index in [1.54, 1.807) is 18.3 Å². The predicted octanol–water partition coefficient (Wildman–Crippen LogP) is 2.56. The smallest absolute Gasteiger partial charge is 0.326 e. The SMILES string of the molecule is CCC(C(=O)O)N(C)C(=O)NCCc1ccc(Br)s1. The number of carbonyl (C=O) groups excluding carboxylic acids is 1. The van der Waals surface area contributed by atoms with E-state index in [-0.39, 0.29) is 6.03 Å². The number of rotatable bonds is 6. The third-order valence-corrected chi connectivity index (χ3v) is 4.42. The van der Waals surface area contributed by atoms with Crippen LogP contribution < -0.4 is 5.32 Å². The predicted molar refractivity (Wildman–Crippen MR) is 78.6 cm³/mol. The zero-order chi connectivity index (χ0) is 14.4. The maximum Gasteiger partial charge on any atom is 0.326 e. The molecule has 1 rings (SSSR count). The zero-order valence-electron chi connectivity index (χ0n) is 10.9. The normalized spacial score (nSPS) is 11.9. The fourth-order valence-corrected chi connectivity index (χ4v) is 3.14. The monoisotopic (exact) mass is 348 g/mol. The van der Waals surface area contributed by atoms with Gasteiger partial charge in [-0.05, 0) is 40.9 Å². The van der Waals surface area contributed by atoms with Crippen LogP contribution in [0.3, 0.4) is 0 Å². The molecule has 1 atom stereocenters. The molecule has 1 aromatic rings. The molecule has 0 aromatic carbocycles. The van der Waals surface area contributed by atoms with Gasteiger partial charge in [0.2, 0.25) is 0 Å². The summed E-state index contributed by atoms with van der Waals surface area (Å²) in [4.78, 5) is 25.1. The number of nitrogens with one attached hydrogen (secondary N) is 1. The number of carboxylic acid groups (broad SMARTS) is 1. The number of hydrogen-bond donors (Lipinski definition) is 2. The highest BCUT2D eigenvalue weighted by atomic mass is 79.9. The molecule has 2 N–H and O–H groups in total. The minimum absolute atomic E-state index is 0.357. The van der Waals surface area contributed by atoms with E-state index < -0.39 is 12.0 Å². The van der Waals surface area contributed by atoms with Crippen LogP contribution in [-0.2, 0) is 11.2 Å². The molecule has 19 heavy (non-hydrogen) atoms. The van der Waals surface area contributed by atoms with Crippen molar-refractivity contribution in [2.45, 2.75) is 25.8 Å². The molecule has 106 valence electrons. The van der Waals surface area contributed by atoms with Gasteiger partial charge in [-0.3, -0.25) is 0 Å². The molecule has 0 aliphatic rings. The van der Waals surface area contributed by atoms with Crippen LogP contribution in [0.15, 0.2) is 15.9 Å². The van der Waals surface area contributed by atoms with Gasteiger partial charge in [-0.15, -0.1) is 11.3 Å². The summed E-state index contributed by atoms with van der Waals surface area (Å²) >= 11 is 5.00. The van der Waals surface area contributed by atoms with E-state index in [0.29, 0.717) is 13.0 Å². The second-order valence-corrected chi connectivity index (χ2v) is 6.61. The Hall–Kier alpha value is -1.08. The van der Waals surface area contributed by atoms with Gasteiger partial charge in [0.05, 0.1) is 3.79 Å². The summed E-state index contributed by atoms with van der Waals surface area (Å²) in [6, 6.07) is 2.82. The van der Waals surface area contributed by atoms with Gasteiger partial charge in [0.1, 0.15) is 6.04 Å². The fourth-order valence-electron chi connectivity index (χ4n) is 1.66. The lowest BCUT2D eigenvalue weighted by Crippen LogP contribution is -2.47. The Morgan fingerprint density at radius 3 is 2.68 bits per heavy atom. The second kappa shape index (κ2) is 7.49. The van der Waals surface area contributed by atoms with E-state index in [4.69, 9.17) is 5.11 Å². The molecular weight excluding hydrogens is 332 g/mol. The van der Waals surface area contributed by atoms with Crippen molar-refractivity contribution < 1.29 is 14.7 Å². The first-order valence-electron chi connectivity index (χ1n) is 5.93. The van der Waals surface area contributed by atoms with E-state index in [1.807, 2.05) is 12.1 Å². The number of hydrogen-bond acceptors (Lipinski definition) is 3. The van der Waals surface area contributed by atoms with E-state index in [9.17, 15) is 9.59 Å². The number of halogens is 1. The second-order valence-electron chi connectivity index (χ2n) is 4.06. The van der Waals surface area contributed by atoms with Crippen molar-refractivity contribution in [1.82, 2.24) is 10.2 Å². The van der Waals surface area contributed by atoms with E-state index in [0.717, 1.165) is 10.2 Å². The average Bonchev–Trinajstić information content (AvgIpc) is 2.75. The van der Waals surface area contributed by atoms with Crippen LogP contribution >= 0.6 is 27.3 Å². The number of amides is 2. The highest BCUT2D eigenvalue weighted by molar-refractivity contribution is 9.11. The quantitative estimate of drug-likeness (QED) is 0.829. The highest BCUT2D eigenvalue weighted by Gasteiger charge is 2.24. The first-order valence-corrected chi connectivity index (χ1v) is 7.54. The lowest BCUT2D eigenvalue weighted by atomic mass is 10.2. The largest absolute Gasteiger partial charge is 0.480 e. The van der Waals surface area contributed by atoms with Gasteiger partial charge in [-0.1, -0.05) is 6.92 Å². The summed E-state index contributed by atoms with van der Waals surface area (Å²) in [5.74, 6) is -0.984. The summed E-state index contributed by atoms with van der Waals surface area (Å²) in [6.07, 6.45) is 1.12. The van der Waals surface area contributed by atoms with Crippen molar-refractivity contribution >= 4 is 39.3 Å². The van der Waals surface area contributed by atoms with Gasteiger partial charge >= 0.3 is 12.0 Å². The molecule has 0 radical (unpaired) electrons. The first kappa shape index (κ1) is 16.0. The Kier molecular flexibility index (Phi) is 6.30. The zero-order valence-corrected chi connectivity index (χ0v) is 13.3. The van der Waals surface area contributed by atoms with Gasteiger partial charge in [-0.25, -0.2) is 9.59 Å². The van der Waals surface area contributed by atoms with Gasteiger partial charge in [0.25, 0.3) is 0 Å². The summed E-state index contributed by atoms with van der Waals surface area (Å²) in [5.41, 5.74) is 0. The Morgan fingerprint density at radius 1 is 1.53 bits per heavy atom. The molecule has 0 saturated heterocycles. The minimum atomic E-state index is -0.984. The summed E-state index contributed by atoms with van der Waals surface area (Å²) in [7, 11) is 1.50. The number of nitrogens with zero attached hydrogens (tertiary/aromatic N) is 1. The van der Waals surface area contributed by atoms with Crippen molar-refractivity contribution in [3.8, 4) is 0 Å². The van der Waals surface area contributed by atoms with Crippen molar-refractivity contribution in [2.24, 2.45) is 0 Å². The molecule has 2 amide bonds. The van der Waals surface area contributed by atoms with E-state index in [1.165, 1.54) is 16.8 Å². The Bertz CT molecular complexity index is 450. The van der Waals surface area contributed by atoms with Gasteiger partial charge in [-0.2, -0.15) is 0 Å². The maximum atomic E-state index is 11.8. The molecular formula is C12H17BrN2O3S. The fraction of sp³-hybridized carbons (Fsp3) is 0.500. The van der Waals surface area contributed by atoms with Crippen LogP contribution in [0.25, 0.3) is 0 Å². The van der Waals surface area contributed by atoms with Crippen LogP contribution in [0.1, 0.15) is 18.2 Å². The molecule has 0 spiro atoms. The maximum absolute atomic E-state index is 11.8. The third-order valence-electron chi connectivity index (χ3n) is 2.74. The van der Waals surface area contributed by atoms with Crippen LogP contribution in [0.2, 0.25) is 0 Å². The average molecular weight is 349 g/mol. The van der Waals surface area contributed by atoms with Crippen molar-refractivity contribution in [3.63, 3.8) is 0 Å². The Balaban J connectivity index is 2.40. The number of likely N-dealkylation sites (N-methyl/N-ethyl adjacent to an activating group) is 1. The van der Waals surface area contributed by atoms with Crippen LogP contribution in [-0.4, -0.2) is 41.6 Å². The highest BCUT2D eigenvalue weighted by Crippen LogP contribution is 2.22. The lowest BCUT2D eigenvalue weighted by Gasteiger charge is -2.23. The Morgan fingerprint density at radius 2 is 2.21 bits per heavy atom. The molecule has 0 fully saturated rings. The molecule has 1 unspecified atom stereocenters. The number of carboxylic acids is 1. The molecule has 1 heterocycles. The van der Waals surface area contributed by atoms with Crippen molar-refractivity contribution in [2.75, 3.05) is 13.6 Å². The number of urea groups is 1. The summed E-state index contributed by atoms with van der Waals surface area (Å²) in [6.45, 7) is 2.23. The first-order chi connectivity index (χ1) is 8.95. The van der Waals surface area contributed by atoms with Gasteiger partial charge in [0.15, 0.2) is 0 Å². The molecule has 0 aliphatic carbocycles. The summed E-state index contributed by atoms with van der Waals surface area (Å²) in [5, 5.41) is 11.7. The molecule has 0 bridgehead atoms. The lowest BCUT2D eigenvalue weighted by molar-refractivity contribution is -0.141. The Labute approximate surface area is 124 Å². The number of aliphatic carboxylic acids is 1. The summed E-state index contributed by atoms with van der Waals surface area (Å²) < 4.78 is 1.06. The van der Waals surface area contributed by atoms with Crippen molar-refractivity contribution in [3.05, 3.63) is 20.8 Å². The van der Waals surface area contributed by atoms with Crippen LogP contribution in [0.5, 0.6) is 0 Å². The van der Waals surface area contributed by atoms with Crippen LogP contribution in [0.4, 0.5) is 4.79 Å². The molecule has 5 nitrogen and oxygen atoms in total. The van der Waals surface area contributed by atoms with E-state index in [2.05, 4.69) is 21.2 Å². The van der Waals surface area contributed by atoms with Gasteiger partial charge < -0.3 is 15.3 Å². The van der Waals surface area contributed by atoms with E-state index >= 15 is 0 Å². The van der Waals surface area contributed by atoms with Crippen molar-refractivity contribution in [1.29, 1.82) is 0 Å². The minimum Gasteiger partial charge on any atom is -0.480 e. The molecule has 0 saturated carbocycles. The third kappa shape index (κ3) is 4.83. The van der Waals surface area contributed by atoms with Gasteiger partial charge in [0, 0.05) is 18.5 Å². The molecule has 7 heteroatoms. The van der Waals surface area contributed by atoms with Crippen LogP contribution in [0, 0.1) is 0 Å². The topological polar surface area (TPSA) is 69.6 Å².